The fourth-order valence-electron chi connectivity index (χ4n) is 6.52. The number of benzene rings is 2. The van der Waals surface area contributed by atoms with Crippen LogP contribution >= 0.6 is 11.3 Å². The highest BCUT2D eigenvalue weighted by Gasteiger charge is 2.35. The molecule has 1 fully saturated rings. The minimum absolute atomic E-state index is 0.178. The molecule has 0 saturated carbocycles. The Morgan fingerprint density at radius 3 is 2.27 bits per heavy atom. The number of likely N-dealkylation sites (tertiary alicyclic amines) is 1. The summed E-state index contributed by atoms with van der Waals surface area (Å²) in [6, 6.07) is 21.1. The molecule has 264 valence electrons. The zero-order valence-electron chi connectivity index (χ0n) is 29.9. The zero-order valence-corrected chi connectivity index (χ0v) is 30.8. The quantitative estimate of drug-likeness (QED) is 0.172. The minimum atomic E-state index is -0.824. The van der Waals surface area contributed by atoms with Gasteiger partial charge in [0, 0.05) is 49.9 Å². The van der Waals surface area contributed by atoms with Crippen molar-refractivity contribution in [2.45, 2.75) is 88.9 Å². The highest BCUT2D eigenvalue weighted by molar-refractivity contribution is 7.09. The van der Waals surface area contributed by atoms with E-state index in [1.807, 2.05) is 66.1 Å². The number of nitrogens with one attached hydrogen (secondary N) is 1. The Balaban J connectivity index is 1.57. The van der Waals surface area contributed by atoms with Crippen molar-refractivity contribution in [2.24, 2.45) is 5.73 Å². The number of hydrogen-bond acceptors (Lipinski definition) is 6. The maximum Gasteiger partial charge on any atom is 0.246 e. The SMILES string of the molecule is CCC(N)(CC)CC=CC(=O)N(C)[C@H](Cc1ccc(-c2ccccc2)cc1)C(=O)N(C)[C@H](Cc1cccs1)C(=O)NCCC1CCCN1C. The number of likely N-dealkylation sites (N-methyl/N-ethyl adjacent to an activating group) is 2. The Morgan fingerprint density at radius 1 is 0.959 bits per heavy atom. The molecule has 49 heavy (non-hydrogen) atoms. The Labute approximate surface area is 297 Å². The monoisotopic (exact) mass is 685 g/mol. The summed E-state index contributed by atoms with van der Waals surface area (Å²) in [5.41, 5.74) is 9.21. The van der Waals surface area contributed by atoms with Crippen LogP contribution < -0.4 is 11.1 Å². The van der Waals surface area contributed by atoms with E-state index in [9.17, 15) is 14.4 Å². The molecule has 1 aliphatic heterocycles. The molecule has 1 unspecified atom stereocenters. The third kappa shape index (κ3) is 10.6. The maximum atomic E-state index is 14.5. The van der Waals surface area contributed by atoms with E-state index in [-0.39, 0.29) is 23.3 Å². The largest absolute Gasteiger partial charge is 0.354 e. The Hall–Kier alpha value is -3.79. The van der Waals surface area contributed by atoms with E-state index >= 15 is 0 Å². The molecule has 2 heterocycles. The average molecular weight is 686 g/mol. The van der Waals surface area contributed by atoms with Gasteiger partial charge in [0.25, 0.3) is 0 Å². The van der Waals surface area contributed by atoms with Gasteiger partial charge in [-0.1, -0.05) is 80.6 Å². The molecule has 3 N–H and O–H groups in total. The van der Waals surface area contributed by atoms with Crippen LogP contribution in [0.4, 0.5) is 0 Å². The van der Waals surface area contributed by atoms with E-state index in [4.69, 9.17) is 5.73 Å². The van der Waals surface area contributed by atoms with Crippen molar-refractivity contribution in [1.82, 2.24) is 20.0 Å². The summed E-state index contributed by atoms with van der Waals surface area (Å²) >= 11 is 1.57. The Kier molecular flexibility index (Phi) is 14.2. The topological polar surface area (TPSA) is 99.0 Å². The zero-order chi connectivity index (χ0) is 35.4. The molecule has 0 radical (unpaired) electrons. The number of carbonyl (C=O) groups is 3. The van der Waals surface area contributed by atoms with Crippen LogP contribution in [-0.4, -0.2) is 90.3 Å². The number of rotatable bonds is 17. The van der Waals surface area contributed by atoms with Gasteiger partial charge in [0.15, 0.2) is 0 Å². The van der Waals surface area contributed by atoms with Crippen molar-refractivity contribution in [1.29, 1.82) is 0 Å². The minimum Gasteiger partial charge on any atom is -0.354 e. The van der Waals surface area contributed by atoms with E-state index < -0.39 is 12.1 Å². The van der Waals surface area contributed by atoms with Crippen LogP contribution in [0, 0.1) is 0 Å². The molecule has 1 aliphatic rings. The lowest BCUT2D eigenvalue weighted by molar-refractivity contribution is -0.146. The van der Waals surface area contributed by atoms with E-state index in [0.717, 1.165) is 53.8 Å². The molecular weight excluding hydrogens is 631 g/mol. The lowest BCUT2D eigenvalue weighted by atomic mass is 9.90. The number of nitrogens with two attached hydrogens (primary N) is 1. The van der Waals surface area contributed by atoms with Crippen molar-refractivity contribution >= 4 is 29.1 Å². The number of nitrogens with zero attached hydrogens (tertiary/aromatic N) is 3. The van der Waals surface area contributed by atoms with E-state index in [0.29, 0.717) is 31.8 Å². The Morgan fingerprint density at radius 2 is 1.65 bits per heavy atom. The van der Waals surface area contributed by atoms with Gasteiger partial charge < -0.3 is 25.8 Å². The summed E-state index contributed by atoms with van der Waals surface area (Å²) in [6.45, 7) is 5.73. The first kappa shape index (κ1) is 38.0. The average Bonchev–Trinajstić information content (AvgIpc) is 3.80. The van der Waals surface area contributed by atoms with Crippen molar-refractivity contribution in [3.63, 3.8) is 0 Å². The highest BCUT2D eigenvalue weighted by atomic mass is 32.1. The fraction of sp³-hybridized carbons (Fsp3) is 0.475. The first-order valence-electron chi connectivity index (χ1n) is 17.7. The first-order chi connectivity index (χ1) is 23.5. The van der Waals surface area contributed by atoms with Gasteiger partial charge in [-0.2, -0.15) is 0 Å². The molecule has 3 amide bonds. The maximum absolute atomic E-state index is 14.5. The van der Waals surface area contributed by atoms with E-state index in [2.05, 4.69) is 43.2 Å². The molecule has 9 heteroatoms. The number of thiophene rings is 1. The molecule has 1 aromatic heterocycles. The van der Waals surface area contributed by atoms with Crippen LogP contribution in [-0.2, 0) is 27.2 Å². The van der Waals surface area contributed by atoms with Crippen LogP contribution in [0.15, 0.2) is 84.3 Å². The molecule has 4 rings (SSSR count). The van der Waals surface area contributed by atoms with Gasteiger partial charge in [0.2, 0.25) is 17.7 Å². The summed E-state index contributed by atoms with van der Waals surface area (Å²) in [5.74, 6) is -0.732. The van der Waals surface area contributed by atoms with Gasteiger partial charge in [-0.3, -0.25) is 14.4 Å². The molecule has 0 aliphatic carbocycles. The first-order valence-corrected chi connectivity index (χ1v) is 18.6. The molecule has 0 bridgehead atoms. The fourth-order valence-corrected chi connectivity index (χ4v) is 7.26. The van der Waals surface area contributed by atoms with E-state index in [1.165, 1.54) is 17.4 Å². The van der Waals surface area contributed by atoms with Crippen molar-refractivity contribution in [2.75, 3.05) is 34.2 Å². The highest BCUT2D eigenvalue weighted by Crippen LogP contribution is 2.23. The predicted octanol–water partition coefficient (Wildman–Crippen LogP) is 5.92. The number of amides is 3. The van der Waals surface area contributed by atoms with Gasteiger partial charge in [-0.05, 0) is 86.3 Å². The molecule has 1 saturated heterocycles. The predicted molar refractivity (Wildman–Crippen MR) is 201 cm³/mol. The second-order valence-corrected chi connectivity index (χ2v) is 14.5. The number of hydrogen-bond donors (Lipinski definition) is 2. The van der Waals surface area contributed by atoms with Crippen LogP contribution in [0.5, 0.6) is 0 Å². The molecule has 8 nitrogen and oxygen atoms in total. The lowest BCUT2D eigenvalue weighted by Gasteiger charge is -2.34. The van der Waals surface area contributed by atoms with Crippen LogP contribution in [0.2, 0.25) is 0 Å². The van der Waals surface area contributed by atoms with Gasteiger partial charge in [0.05, 0.1) is 0 Å². The Bertz CT molecular complexity index is 1500. The smallest absolute Gasteiger partial charge is 0.246 e. The van der Waals surface area contributed by atoms with Crippen molar-refractivity contribution in [3.8, 4) is 11.1 Å². The van der Waals surface area contributed by atoms with Crippen LogP contribution in [0.25, 0.3) is 11.1 Å². The van der Waals surface area contributed by atoms with Crippen molar-refractivity contribution in [3.05, 3.63) is 94.7 Å². The molecular formula is C40H55N5O3S. The normalized spacial score (nSPS) is 16.4. The van der Waals surface area contributed by atoms with Gasteiger partial charge in [-0.15, -0.1) is 11.3 Å². The summed E-state index contributed by atoms with van der Waals surface area (Å²) in [6.07, 6.45) is 9.41. The summed E-state index contributed by atoms with van der Waals surface area (Å²) in [5, 5.41) is 5.12. The van der Waals surface area contributed by atoms with E-state index in [1.54, 1.807) is 30.3 Å². The van der Waals surface area contributed by atoms with Crippen molar-refractivity contribution < 1.29 is 14.4 Å². The summed E-state index contributed by atoms with van der Waals surface area (Å²) < 4.78 is 0. The van der Waals surface area contributed by atoms with Crippen LogP contribution in [0.1, 0.15) is 62.8 Å². The standard InChI is InChI=1S/C40H55N5O3S/c1-6-40(41,7-2)24-11-18-37(46)44(4)36(28-30-19-21-32(22-20-30)31-14-9-8-10-15-31)39(48)45(5)35(29-34-17-13-27-49-34)38(47)42-25-23-33-16-12-26-43(33)3/h8-11,13-15,17-22,27,33,35-36H,6-7,12,16,23-26,28-29,41H2,1-5H3,(H,42,47)/t33?,35-,36-/m1/s1. The lowest BCUT2D eigenvalue weighted by Crippen LogP contribution is -2.56. The summed E-state index contributed by atoms with van der Waals surface area (Å²) in [7, 11) is 5.49. The van der Waals surface area contributed by atoms with Gasteiger partial charge in [0.1, 0.15) is 12.1 Å². The molecule has 2 aromatic carbocycles. The third-order valence-electron chi connectivity index (χ3n) is 10.3. The molecule has 3 atom stereocenters. The third-order valence-corrected chi connectivity index (χ3v) is 11.2. The second kappa shape index (κ2) is 18.3. The molecule has 3 aromatic rings. The van der Waals surface area contributed by atoms with Gasteiger partial charge >= 0.3 is 0 Å². The van der Waals surface area contributed by atoms with Crippen LogP contribution in [0.3, 0.4) is 0 Å². The molecule has 0 spiro atoms. The number of carbonyl (C=O) groups excluding carboxylic acids is 3. The second-order valence-electron chi connectivity index (χ2n) is 13.5. The van der Waals surface area contributed by atoms with Gasteiger partial charge in [-0.25, -0.2) is 0 Å². The summed E-state index contributed by atoms with van der Waals surface area (Å²) in [4.78, 5) is 48.3.